The van der Waals surface area contributed by atoms with Crippen molar-refractivity contribution in [2.24, 2.45) is 0 Å². The molecular formula is C10H21O. The van der Waals surface area contributed by atoms with Crippen molar-refractivity contribution in [1.29, 1.82) is 0 Å². The molecule has 0 aliphatic heterocycles. The molecule has 1 nitrogen and oxygen atoms in total. The van der Waals surface area contributed by atoms with E-state index in [9.17, 15) is 0 Å². The van der Waals surface area contributed by atoms with E-state index < -0.39 is 0 Å². The highest BCUT2D eigenvalue weighted by Gasteiger charge is 2.15. The Kier molecular flexibility index (Phi) is 5.57. The van der Waals surface area contributed by atoms with Crippen LogP contribution in [0.1, 0.15) is 46.5 Å². The molecule has 0 aromatic rings. The van der Waals surface area contributed by atoms with Crippen LogP contribution in [0.3, 0.4) is 0 Å². The maximum atomic E-state index is 5.67. The second-order valence-corrected chi connectivity index (χ2v) is 3.57. The number of hydrogen-bond donors (Lipinski definition) is 0. The highest BCUT2D eigenvalue weighted by Crippen LogP contribution is 2.16. The standard InChI is InChI=1S/C10H21O/c1-5-7-9-11-10(3,4)8-6-2/h1,5-9H2,2-4H3. The van der Waals surface area contributed by atoms with Crippen LogP contribution in [0, 0.1) is 6.92 Å². The zero-order valence-electron chi connectivity index (χ0n) is 8.15. The molecule has 0 amide bonds. The maximum Gasteiger partial charge on any atom is 0.0626 e. The van der Waals surface area contributed by atoms with E-state index in [-0.39, 0.29) is 5.60 Å². The van der Waals surface area contributed by atoms with Gasteiger partial charge in [0.25, 0.3) is 0 Å². The first kappa shape index (κ1) is 11.0. The van der Waals surface area contributed by atoms with Crippen LogP contribution in [0.2, 0.25) is 0 Å². The number of hydrogen-bond acceptors (Lipinski definition) is 1. The van der Waals surface area contributed by atoms with Crippen molar-refractivity contribution in [3.8, 4) is 0 Å². The summed E-state index contributed by atoms with van der Waals surface area (Å²) in [7, 11) is 0. The van der Waals surface area contributed by atoms with E-state index in [2.05, 4.69) is 27.7 Å². The van der Waals surface area contributed by atoms with Gasteiger partial charge in [-0.1, -0.05) is 26.7 Å². The number of rotatable bonds is 6. The lowest BCUT2D eigenvalue weighted by Gasteiger charge is -2.24. The smallest absolute Gasteiger partial charge is 0.0626 e. The van der Waals surface area contributed by atoms with Gasteiger partial charge in [-0.15, -0.1) is 0 Å². The van der Waals surface area contributed by atoms with Gasteiger partial charge in [-0.3, -0.25) is 0 Å². The number of unbranched alkanes of at least 4 members (excludes halogenated alkanes) is 1. The second-order valence-electron chi connectivity index (χ2n) is 3.57. The van der Waals surface area contributed by atoms with E-state index in [1.807, 2.05) is 0 Å². The Morgan fingerprint density at radius 2 is 2.00 bits per heavy atom. The summed E-state index contributed by atoms with van der Waals surface area (Å²) in [4.78, 5) is 0. The van der Waals surface area contributed by atoms with Gasteiger partial charge in [-0.05, 0) is 26.7 Å². The normalized spacial score (nSPS) is 12.0. The van der Waals surface area contributed by atoms with Gasteiger partial charge in [0.1, 0.15) is 0 Å². The van der Waals surface area contributed by atoms with Gasteiger partial charge >= 0.3 is 0 Å². The van der Waals surface area contributed by atoms with Crippen molar-refractivity contribution < 1.29 is 4.74 Å². The molecule has 0 aliphatic carbocycles. The van der Waals surface area contributed by atoms with Crippen molar-refractivity contribution >= 4 is 0 Å². The lowest BCUT2D eigenvalue weighted by molar-refractivity contribution is -0.0245. The van der Waals surface area contributed by atoms with E-state index >= 15 is 0 Å². The minimum atomic E-state index is 0.0733. The Morgan fingerprint density at radius 1 is 1.36 bits per heavy atom. The molecule has 0 aromatic carbocycles. The van der Waals surface area contributed by atoms with Gasteiger partial charge in [-0.2, -0.15) is 0 Å². The van der Waals surface area contributed by atoms with E-state index in [4.69, 9.17) is 4.74 Å². The summed E-state index contributed by atoms with van der Waals surface area (Å²) in [5, 5.41) is 0. The fourth-order valence-corrected chi connectivity index (χ4v) is 1.12. The Balaban J connectivity index is 3.38. The molecule has 0 spiro atoms. The molecule has 0 aliphatic rings. The van der Waals surface area contributed by atoms with Crippen LogP contribution in [0.4, 0.5) is 0 Å². The first-order chi connectivity index (χ1) is 5.12. The summed E-state index contributed by atoms with van der Waals surface area (Å²) >= 11 is 0. The lowest BCUT2D eigenvalue weighted by atomic mass is 10.0. The van der Waals surface area contributed by atoms with Crippen LogP contribution in [0.25, 0.3) is 0 Å². The third kappa shape index (κ3) is 6.36. The average molecular weight is 157 g/mol. The van der Waals surface area contributed by atoms with Crippen LogP contribution in [-0.2, 0) is 4.74 Å². The SMILES string of the molecule is [CH2]CCCOC(C)(C)CCC. The van der Waals surface area contributed by atoms with Gasteiger partial charge in [0, 0.05) is 6.61 Å². The molecule has 1 radical (unpaired) electrons. The zero-order valence-corrected chi connectivity index (χ0v) is 8.15. The lowest BCUT2D eigenvalue weighted by Crippen LogP contribution is -2.24. The quantitative estimate of drug-likeness (QED) is 0.538. The fourth-order valence-electron chi connectivity index (χ4n) is 1.12. The molecule has 1 heteroatoms. The summed E-state index contributed by atoms with van der Waals surface area (Å²) in [6.07, 6.45) is 4.39. The Morgan fingerprint density at radius 3 is 2.45 bits per heavy atom. The van der Waals surface area contributed by atoms with E-state index in [0.29, 0.717) is 0 Å². The topological polar surface area (TPSA) is 9.23 Å². The first-order valence-electron chi connectivity index (χ1n) is 4.55. The highest BCUT2D eigenvalue weighted by atomic mass is 16.5. The Labute approximate surface area is 71.1 Å². The predicted molar refractivity (Wildman–Crippen MR) is 49.5 cm³/mol. The third-order valence-corrected chi connectivity index (χ3v) is 1.74. The van der Waals surface area contributed by atoms with Crippen LogP contribution in [0.15, 0.2) is 0 Å². The van der Waals surface area contributed by atoms with Crippen LogP contribution < -0.4 is 0 Å². The Hall–Kier alpha value is -0.0400. The first-order valence-corrected chi connectivity index (χ1v) is 4.55. The molecule has 67 valence electrons. The van der Waals surface area contributed by atoms with Crippen LogP contribution in [0.5, 0.6) is 0 Å². The van der Waals surface area contributed by atoms with Gasteiger partial charge in [0.05, 0.1) is 5.60 Å². The summed E-state index contributed by atoms with van der Waals surface area (Å²) in [6.45, 7) is 11.1. The minimum absolute atomic E-state index is 0.0733. The third-order valence-electron chi connectivity index (χ3n) is 1.74. The largest absolute Gasteiger partial charge is 0.376 e. The molecule has 0 saturated carbocycles. The van der Waals surface area contributed by atoms with Crippen LogP contribution in [-0.4, -0.2) is 12.2 Å². The van der Waals surface area contributed by atoms with Crippen molar-refractivity contribution in [2.75, 3.05) is 6.61 Å². The molecule has 0 unspecified atom stereocenters. The fraction of sp³-hybridized carbons (Fsp3) is 0.900. The zero-order chi connectivity index (χ0) is 8.74. The van der Waals surface area contributed by atoms with Gasteiger partial charge in [0.15, 0.2) is 0 Å². The maximum absolute atomic E-state index is 5.67. The van der Waals surface area contributed by atoms with E-state index in [1.54, 1.807) is 0 Å². The predicted octanol–water partition coefficient (Wildman–Crippen LogP) is 3.20. The molecule has 0 N–H and O–H groups in total. The average Bonchev–Trinajstić information content (AvgIpc) is 1.87. The van der Waals surface area contributed by atoms with E-state index in [0.717, 1.165) is 25.9 Å². The molecule has 0 atom stereocenters. The summed E-state index contributed by atoms with van der Waals surface area (Å²) in [6, 6.07) is 0. The molecular weight excluding hydrogens is 136 g/mol. The van der Waals surface area contributed by atoms with Crippen molar-refractivity contribution in [2.45, 2.75) is 52.1 Å². The Bertz CT molecular complexity index is 86.9. The highest BCUT2D eigenvalue weighted by molar-refractivity contribution is 4.66. The monoisotopic (exact) mass is 157 g/mol. The molecule has 0 bridgehead atoms. The molecule has 0 heterocycles. The summed E-state index contributed by atoms with van der Waals surface area (Å²) in [5.74, 6) is 0. The molecule has 0 aromatic heterocycles. The molecule has 0 fully saturated rings. The van der Waals surface area contributed by atoms with Gasteiger partial charge in [-0.25, -0.2) is 0 Å². The van der Waals surface area contributed by atoms with Gasteiger partial charge in [0.2, 0.25) is 0 Å². The summed E-state index contributed by atoms with van der Waals surface area (Å²) in [5.41, 5.74) is 0.0733. The van der Waals surface area contributed by atoms with Crippen molar-refractivity contribution in [1.82, 2.24) is 0 Å². The van der Waals surface area contributed by atoms with Crippen molar-refractivity contribution in [3.63, 3.8) is 0 Å². The van der Waals surface area contributed by atoms with Crippen LogP contribution >= 0.6 is 0 Å². The van der Waals surface area contributed by atoms with Crippen molar-refractivity contribution in [3.05, 3.63) is 6.92 Å². The number of ether oxygens (including phenoxy) is 1. The molecule has 0 saturated heterocycles. The van der Waals surface area contributed by atoms with E-state index in [1.165, 1.54) is 6.42 Å². The minimum Gasteiger partial charge on any atom is -0.376 e. The molecule has 0 rings (SSSR count). The summed E-state index contributed by atoms with van der Waals surface area (Å²) < 4.78 is 5.67. The molecule has 11 heavy (non-hydrogen) atoms. The van der Waals surface area contributed by atoms with Gasteiger partial charge < -0.3 is 4.74 Å². The second kappa shape index (κ2) is 5.59.